The minimum absolute atomic E-state index is 0.191. The van der Waals surface area contributed by atoms with E-state index in [1.165, 1.54) is 0 Å². The monoisotopic (exact) mass is 321 g/mol. The molecule has 3 N–H and O–H groups in total. The number of anilines is 1. The Morgan fingerprint density at radius 3 is 2.68 bits per heavy atom. The largest absolute Gasteiger partial charge is 0.507 e. The predicted molar refractivity (Wildman–Crippen MR) is 76.5 cm³/mol. The third-order valence-electron chi connectivity index (χ3n) is 2.62. The highest BCUT2D eigenvalue weighted by Gasteiger charge is 2.03. The van der Waals surface area contributed by atoms with Crippen molar-refractivity contribution in [3.05, 3.63) is 58.1 Å². The molecule has 4 nitrogen and oxygen atoms in total. The van der Waals surface area contributed by atoms with Gasteiger partial charge in [-0.25, -0.2) is 4.79 Å². The SMILES string of the molecule is O=C(O)c1cccc(NCc2ccc(O)c(Br)c2)c1. The molecular formula is C14H12BrNO3. The van der Waals surface area contributed by atoms with E-state index >= 15 is 0 Å². The number of carboxylic acid groups (broad SMARTS) is 1. The summed E-state index contributed by atoms with van der Waals surface area (Å²) in [5, 5.41) is 21.4. The van der Waals surface area contributed by atoms with Crippen molar-refractivity contribution in [3.8, 4) is 5.75 Å². The second kappa shape index (κ2) is 5.75. The molecule has 0 aliphatic heterocycles. The quantitative estimate of drug-likeness (QED) is 0.806. The van der Waals surface area contributed by atoms with Gasteiger partial charge in [0.1, 0.15) is 5.75 Å². The average Bonchev–Trinajstić information content (AvgIpc) is 2.40. The lowest BCUT2D eigenvalue weighted by molar-refractivity contribution is 0.0697. The highest BCUT2D eigenvalue weighted by atomic mass is 79.9. The summed E-state index contributed by atoms with van der Waals surface area (Å²) >= 11 is 3.25. The maximum Gasteiger partial charge on any atom is 0.335 e. The van der Waals surface area contributed by atoms with Gasteiger partial charge in [-0.2, -0.15) is 0 Å². The summed E-state index contributed by atoms with van der Waals surface area (Å²) in [6.07, 6.45) is 0. The molecular weight excluding hydrogens is 310 g/mol. The summed E-state index contributed by atoms with van der Waals surface area (Å²) in [6, 6.07) is 11.8. The molecule has 5 heteroatoms. The molecule has 0 bridgehead atoms. The molecule has 0 radical (unpaired) electrons. The van der Waals surface area contributed by atoms with Crippen LogP contribution in [0, 0.1) is 0 Å². The zero-order valence-electron chi connectivity index (χ0n) is 9.93. The summed E-state index contributed by atoms with van der Waals surface area (Å²) in [5.74, 6) is -0.757. The van der Waals surface area contributed by atoms with Gasteiger partial charge in [-0.3, -0.25) is 0 Å². The highest BCUT2D eigenvalue weighted by Crippen LogP contribution is 2.24. The first-order valence-corrected chi connectivity index (χ1v) is 6.40. The van der Waals surface area contributed by atoms with Gasteiger partial charge in [-0.15, -0.1) is 0 Å². The standard InChI is InChI=1S/C14H12BrNO3/c15-12-6-9(4-5-13(12)17)8-16-11-3-1-2-10(7-11)14(18)19/h1-7,16-17H,8H2,(H,18,19). The fraction of sp³-hybridized carbons (Fsp3) is 0.0714. The van der Waals surface area contributed by atoms with Gasteiger partial charge in [0.25, 0.3) is 0 Å². The van der Waals surface area contributed by atoms with Crippen LogP contribution in [0.5, 0.6) is 5.75 Å². The summed E-state index contributed by atoms with van der Waals surface area (Å²) in [6.45, 7) is 0.544. The molecule has 2 aromatic rings. The average molecular weight is 322 g/mol. The van der Waals surface area contributed by atoms with Crippen LogP contribution in [0.4, 0.5) is 5.69 Å². The number of hydrogen-bond donors (Lipinski definition) is 3. The van der Waals surface area contributed by atoms with Crippen molar-refractivity contribution in [1.29, 1.82) is 0 Å². The number of aromatic hydroxyl groups is 1. The van der Waals surface area contributed by atoms with Gasteiger partial charge < -0.3 is 15.5 Å². The van der Waals surface area contributed by atoms with Crippen molar-refractivity contribution in [2.45, 2.75) is 6.54 Å². The molecule has 0 saturated heterocycles. The number of aromatic carboxylic acids is 1. The summed E-state index contributed by atoms with van der Waals surface area (Å²) in [5.41, 5.74) is 1.96. The Labute approximate surface area is 118 Å². The van der Waals surface area contributed by atoms with E-state index in [0.717, 1.165) is 11.3 Å². The van der Waals surface area contributed by atoms with E-state index in [9.17, 15) is 9.90 Å². The Balaban J connectivity index is 2.07. The predicted octanol–water partition coefficient (Wildman–Crippen LogP) is 3.47. The number of carboxylic acids is 1. The summed E-state index contributed by atoms with van der Waals surface area (Å²) in [7, 11) is 0. The number of phenols is 1. The van der Waals surface area contributed by atoms with Crippen LogP contribution >= 0.6 is 15.9 Å². The van der Waals surface area contributed by atoms with E-state index in [4.69, 9.17) is 5.11 Å². The number of phenolic OH excluding ortho intramolecular Hbond substituents is 1. The van der Waals surface area contributed by atoms with Crippen LogP contribution in [-0.4, -0.2) is 16.2 Å². The Hall–Kier alpha value is -2.01. The lowest BCUT2D eigenvalue weighted by Crippen LogP contribution is -2.02. The van der Waals surface area contributed by atoms with E-state index in [-0.39, 0.29) is 11.3 Å². The first kappa shape index (κ1) is 13.4. The summed E-state index contributed by atoms with van der Waals surface area (Å²) < 4.78 is 0.631. The molecule has 0 amide bonds. The van der Waals surface area contributed by atoms with E-state index < -0.39 is 5.97 Å². The van der Waals surface area contributed by atoms with Crippen molar-refractivity contribution in [2.75, 3.05) is 5.32 Å². The lowest BCUT2D eigenvalue weighted by Gasteiger charge is -2.08. The van der Waals surface area contributed by atoms with Crippen molar-refractivity contribution >= 4 is 27.6 Å². The Morgan fingerprint density at radius 1 is 1.21 bits per heavy atom. The Bertz CT molecular complexity index is 613. The molecule has 0 aliphatic rings. The molecule has 0 aromatic heterocycles. The van der Waals surface area contributed by atoms with Crippen LogP contribution < -0.4 is 5.32 Å². The van der Waals surface area contributed by atoms with Gasteiger partial charge in [0.2, 0.25) is 0 Å². The lowest BCUT2D eigenvalue weighted by atomic mass is 10.2. The van der Waals surface area contributed by atoms with Crippen molar-refractivity contribution < 1.29 is 15.0 Å². The van der Waals surface area contributed by atoms with Crippen molar-refractivity contribution in [3.63, 3.8) is 0 Å². The van der Waals surface area contributed by atoms with Gasteiger partial charge in [0.15, 0.2) is 0 Å². The molecule has 19 heavy (non-hydrogen) atoms. The smallest absolute Gasteiger partial charge is 0.335 e. The zero-order chi connectivity index (χ0) is 13.8. The number of rotatable bonds is 4. The second-order valence-corrected chi connectivity index (χ2v) is 4.88. The van der Waals surface area contributed by atoms with E-state index in [0.29, 0.717) is 11.0 Å². The molecule has 2 aromatic carbocycles. The molecule has 0 heterocycles. The second-order valence-electron chi connectivity index (χ2n) is 4.03. The molecule has 0 atom stereocenters. The molecule has 0 saturated carbocycles. The number of halogens is 1. The minimum atomic E-state index is -0.948. The molecule has 0 aliphatic carbocycles. The third-order valence-corrected chi connectivity index (χ3v) is 3.25. The summed E-state index contributed by atoms with van der Waals surface area (Å²) in [4.78, 5) is 10.8. The van der Waals surface area contributed by atoms with Crippen LogP contribution in [0.15, 0.2) is 46.9 Å². The topological polar surface area (TPSA) is 69.6 Å². The number of benzene rings is 2. The van der Waals surface area contributed by atoms with Crippen LogP contribution in [0.2, 0.25) is 0 Å². The van der Waals surface area contributed by atoms with Gasteiger partial charge in [-0.1, -0.05) is 12.1 Å². The van der Waals surface area contributed by atoms with Crippen molar-refractivity contribution in [1.82, 2.24) is 0 Å². The zero-order valence-corrected chi connectivity index (χ0v) is 11.5. The minimum Gasteiger partial charge on any atom is -0.507 e. The molecule has 98 valence electrons. The Morgan fingerprint density at radius 2 is 2.00 bits per heavy atom. The molecule has 2 rings (SSSR count). The fourth-order valence-electron chi connectivity index (χ4n) is 1.63. The molecule has 0 spiro atoms. The van der Waals surface area contributed by atoms with E-state index in [1.54, 1.807) is 30.3 Å². The maximum atomic E-state index is 10.8. The first-order valence-electron chi connectivity index (χ1n) is 5.61. The van der Waals surface area contributed by atoms with Gasteiger partial charge >= 0.3 is 5.97 Å². The van der Waals surface area contributed by atoms with Gasteiger partial charge in [-0.05, 0) is 51.8 Å². The maximum absolute atomic E-state index is 10.8. The first-order chi connectivity index (χ1) is 9.06. The van der Waals surface area contributed by atoms with Crippen LogP contribution in [0.1, 0.15) is 15.9 Å². The Kier molecular flexibility index (Phi) is 4.06. The molecule has 0 fully saturated rings. The van der Waals surface area contributed by atoms with Gasteiger partial charge in [0.05, 0.1) is 10.0 Å². The van der Waals surface area contributed by atoms with Crippen LogP contribution in [0.25, 0.3) is 0 Å². The fourth-order valence-corrected chi connectivity index (χ4v) is 2.05. The molecule has 0 unspecified atom stereocenters. The highest BCUT2D eigenvalue weighted by molar-refractivity contribution is 9.10. The number of hydrogen-bond acceptors (Lipinski definition) is 3. The normalized spacial score (nSPS) is 10.2. The van der Waals surface area contributed by atoms with Crippen LogP contribution in [0.3, 0.4) is 0 Å². The van der Waals surface area contributed by atoms with Gasteiger partial charge in [0, 0.05) is 12.2 Å². The number of carbonyl (C=O) groups is 1. The van der Waals surface area contributed by atoms with Crippen molar-refractivity contribution in [2.24, 2.45) is 0 Å². The van der Waals surface area contributed by atoms with Crippen LogP contribution in [-0.2, 0) is 6.54 Å². The third kappa shape index (κ3) is 3.48. The van der Waals surface area contributed by atoms with E-state index in [1.807, 2.05) is 12.1 Å². The number of nitrogens with one attached hydrogen (secondary N) is 1. The van der Waals surface area contributed by atoms with E-state index in [2.05, 4.69) is 21.2 Å².